The molecule has 1 saturated heterocycles. The predicted octanol–water partition coefficient (Wildman–Crippen LogP) is 3.55. The van der Waals surface area contributed by atoms with Crippen LogP contribution in [0.5, 0.6) is 0 Å². The van der Waals surface area contributed by atoms with Gasteiger partial charge >= 0.3 is 0 Å². The predicted molar refractivity (Wildman–Crippen MR) is 114 cm³/mol. The van der Waals surface area contributed by atoms with Crippen LogP contribution in [0.1, 0.15) is 12.8 Å². The summed E-state index contributed by atoms with van der Waals surface area (Å²) in [5.74, 6) is -1.69. The second-order valence-electron chi connectivity index (χ2n) is 7.10. The highest BCUT2D eigenvalue weighted by molar-refractivity contribution is 8.01. The molecule has 156 valence electrons. The van der Waals surface area contributed by atoms with E-state index in [9.17, 15) is 18.8 Å². The van der Waals surface area contributed by atoms with E-state index in [1.54, 1.807) is 17.0 Å². The largest absolute Gasteiger partial charge is 0.341 e. The van der Waals surface area contributed by atoms with E-state index in [0.717, 1.165) is 23.8 Å². The Kier molecular flexibility index (Phi) is 5.97. The van der Waals surface area contributed by atoms with Gasteiger partial charge in [0.15, 0.2) is 5.25 Å². The quantitative estimate of drug-likeness (QED) is 0.728. The molecule has 2 aliphatic heterocycles. The maximum atomic E-state index is 13.3. The van der Waals surface area contributed by atoms with Crippen molar-refractivity contribution in [3.63, 3.8) is 0 Å². The molecule has 2 aromatic carbocycles. The number of thioether (sulfide) groups is 1. The van der Waals surface area contributed by atoms with Crippen LogP contribution in [0.4, 0.5) is 15.8 Å². The van der Waals surface area contributed by atoms with Crippen molar-refractivity contribution in [3.8, 4) is 0 Å². The van der Waals surface area contributed by atoms with E-state index in [4.69, 9.17) is 11.6 Å². The number of rotatable bonds is 4. The zero-order valence-corrected chi connectivity index (χ0v) is 17.5. The number of nitrogens with zero attached hydrogens (tertiary/aromatic N) is 2. The number of likely N-dealkylation sites (tertiary alicyclic amines) is 1. The van der Waals surface area contributed by atoms with Crippen molar-refractivity contribution in [3.05, 3.63) is 53.3 Å². The molecule has 4 rings (SSSR count). The fourth-order valence-electron chi connectivity index (χ4n) is 3.56. The smallest absolute Gasteiger partial charge is 0.250 e. The molecule has 0 spiro atoms. The lowest BCUT2D eigenvalue weighted by Gasteiger charge is -2.34. The first kappa shape index (κ1) is 20.7. The molecule has 0 unspecified atom stereocenters. The van der Waals surface area contributed by atoms with Gasteiger partial charge < -0.3 is 15.1 Å². The summed E-state index contributed by atoms with van der Waals surface area (Å²) in [6.45, 7) is 1.03. The molecule has 0 saturated carbocycles. The Bertz CT molecular complexity index is 1010. The van der Waals surface area contributed by atoms with Gasteiger partial charge in [0.25, 0.3) is 5.91 Å². The maximum Gasteiger partial charge on any atom is 0.250 e. The van der Waals surface area contributed by atoms with E-state index in [-0.39, 0.29) is 17.5 Å². The molecule has 2 heterocycles. The number of hydrogen-bond acceptors (Lipinski definition) is 4. The van der Waals surface area contributed by atoms with Crippen LogP contribution in [-0.2, 0) is 14.4 Å². The van der Waals surface area contributed by atoms with E-state index < -0.39 is 22.9 Å². The SMILES string of the molecule is O=C(CN1C(=O)[C@@H](C(=O)N2CCCC2)Sc2ccccc21)Nc1ccc(F)c(Cl)c1. The second-order valence-corrected chi connectivity index (χ2v) is 8.65. The molecule has 2 aromatic rings. The van der Waals surface area contributed by atoms with Crippen molar-refractivity contribution in [2.75, 3.05) is 29.9 Å². The van der Waals surface area contributed by atoms with Crippen molar-refractivity contribution < 1.29 is 18.8 Å². The van der Waals surface area contributed by atoms with E-state index in [1.807, 2.05) is 12.1 Å². The summed E-state index contributed by atoms with van der Waals surface area (Å²) >= 11 is 6.98. The number of para-hydroxylation sites is 1. The maximum absolute atomic E-state index is 13.3. The highest BCUT2D eigenvalue weighted by Gasteiger charge is 2.41. The van der Waals surface area contributed by atoms with Gasteiger partial charge in [-0.3, -0.25) is 14.4 Å². The minimum atomic E-state index is -0.911. The summed E-state index contributed by atoms with van der Waals surface area (Å²) in [4.78, 5) is 42.5. The van der Waals surface area contributed by atoms with Gasteiger partial charge in [-0.25, -0.2) is 4.39 Å². The fourth-order valence-corrected chi connectivity index (χ4v) is 4.93. The summed E-state index contributed by atoms with van der Waals surface area (Å²) in [7, 11) is 0. The van der Waals surface area contributed by atoms with Gasteiger partial charge in [0.1, 0.15) is 12.4 Å². The van der Waals surface area contributed by atoms with Crippen LogP contribution in [0, 0.1) is 5.82 Å². The number of fused-ring (bicyclic) bond motifs is 1. The molecule has 1 N–H and O–H groups in total. The number of hydrogen-bond donors (Lipinski definition) is 1. The topological polar surface area (TPSA) is 69.7 Å². The van der Waals surface area contributed by atoms with Crippen LogP contribution >= 0.6 is 23.4 Å². The Morgan fingerprint density at radius 2 is 1.90 bits per heavy atom. The summed E-state index contributed by atoms with van der Waals surface area (Å²) < 4.78 is 13.3. The molecule has 1 fully saturated rings. The van der Waals surface area contributed by atoms with Crippen molar-refractivity contribution in [2.45, 2.75) is 23.0 Å². The Morgan fingerprint density at radius 3 is 2.63 bits per heavy atom. The van der Waals surface area contributed by atoms with Crippen molar-refractivity contribution in [1.29, 1.82) is 0 Å². The highest BCUT2D eigenvalue weighted by Crippen LogP contribution is 2.40. The Labute approximate surface area is 182 Å². The molecule has 0 bridgehead atoms. The van der Waals surface area contributed by atoms with Gasteiger partial charge in [0, 0.05) is 23.7 Å². The van der Waals surface area contributed by atoms with Crippen molar-refractivity contribution >= 4 is 52.5 Å². The minimum absolute atomic E-state index is 0.111. The van der Waals surface area contributed by atoms with E-state index in [0.29, 0.717) is 24.5 Å². The Hall–Kier alpha value is -2.58. The standard InChI is InChI=1S/C21H19ClFN3O3S/c22-14-11-13(7-8-15(14)23)24-18(27)12-26-16-5-1-2-6-17(16)30-19(21(26)29)20(28)25-9-3-4-10-25/h1-2,5-8,11,19H,3-4,9-10,12H2,(H,24,27)/t19-/m1/s1. The summed E-state index contributed by atoms with van der Waals surface area (Å²) in [5.41, 5.74) is 0.911. The van der Waals surface area contributed by atoms with Gasteiger partial charge in [0.05, 0.1) is 10.7 Å². The molecule has 1 atom stereocenters. The number of carbonyl (C=O) groups is 3. The van der Waals surface area contributed by atoms with Gasteiger partial charge in [-0.2, -0.15) is 0 Å². The number of nitrogens with one attached hydrogen (secondary N) is 1. The van der Waals surface area contributed by atoms with Crippen LogP contribution in [0.2, 0.25) is 5.02 Å². The molecule has 2 aliphatic rings. The van der Waals surface area contributed by atoms with Gasteiger partial charge in [-0.15, -0.1) is 11.8 Å². The van der Waals surface area contributed by atoms with E-state index in [1.165, 1.54) is 28.8 Å². The van der Waals surface area contributed by atoms with E-state index >= 15 is 0 Å². The van der Waals surface area contributed by atoms with Gasteiger partial charge in [-0.05, 0) is 43.2 Å². The summed E-state index contributed by atoms with van der Waals surface area (Å²) in [5, 5.41) is 1.60. The van der Waals surface area contributed by atoms with E-state index in [2.05, 4.69) is 5.32 Å². The van der Waals surface area contributed by atoms with Crippen LogP contribution in [0.15, 0.2) is 47.4 Å². The normalized spacial score (nSPS) is 18.3. The third-order valence-corrected chi connectivity index (χ3v) is 6.57. The first-order valence-electron chi connectivity index (χ1n) is 9.55. The zero-order chi connectivity index (χ0) is 21.3. The third-order valence-electron chi connectivity index (χ3n) is 5.04. The van der Waals surface area contributed by atoms with Gasteiger partial charge in [-0.1, -0.05) is 23.7 Å². The Morgan fingerprint density at radius 1 is 1.17 bits per heavy atom. The summed E-state index contributed by atoms with van der Waals surface area (Å²) in [6.07, 6.45) is 1.86. The molecular weight excluding hydrogens is 429 g/mol. The molecule has 3 amide bonds. The molecular formula is C21H19ClFN3O3S. The summed E-state index contributed by atoms with van der Waals surface area (Å²) in [6, 6.07) is 11.0. The minimum Gasteiger partial charge on any atom is -0.341 e. The first-order chi connectivity index (χ1) is 14.4. The average molecular weight is 448 g/mol. The number of halogens is 2. The number of anilines is 2. The molecule has 0 aliphatic carbocycles. The zero-order valence-electron chi connectivity index (χ0n) is 15.9. The average Bonchev–Trinajstić information content (AvgIpc) is 3.27. The van der Waals surface area contributed by atoms with Crippen molar-refractivity contribution in [1.82, 2.24) is 4.90 Å². The molecule has 6 nitrogen and oxygen atoms in total. The molecule has 9 heteroatoms. The molecule has 0 radical (unpaired) electrons. The van der Waals surface area contributed by atoms with Crippen LogP contribution < -0.4 is 10.2 Å². The Balaban J connectivity index is 1.55. The molecule has 30 heavy (non-hydrogen) atoms. The van der Waals surface area contributed by atoms with Crippen LogP contribution in [-0.4, -0.2) is 47.5 Å². The number of amides is 3. The van der Waals surface area contributed by atoms with Gasteiger partial charge in [0.2, 0.25) is 11.8 Å². The van der Waals surface area contributed by atoms with Crippen molar-refractivity contribution in [2.24, 2.45) is 0 Å². The third kappa shape index (κ3) is 4.15. The second kappa shape index (κ2) is 8.65. The fraction of sp³-hybridized carbons (Fsp3) is 0.286. The van der Waals surface area contributed by atoms with Crippen LogP contribution in [0.25, 0.3) is 0 Å². The molecule has 0 aromatic heterocycles. The number of benzene rings is 2. The lowest BCUT2D eigenvalue weighted by Crippen LogP contribution is -2.51. The number of carbonyl (C=O) groups excluding carboxylic acids is 3. The lowest BCUT2D eigenvalue weighted by atomic mass is 10.2. The first-order valence-corrected chi connectivity index (χ1v) is 10.8. The lowest BCUT2D eigenvalue weighted by molar-refractivity contribution is -0.134. The van der Waals surface area contributed by atoms with Crippen LogP contribution in [0.3, 0.4) is 0 Å². The monoisotopic (exact) mass is 447 g/mol. The highest BCUT2D eigenvalue weighted by atomic mass is 35.5.